The molecule has 8 rings (SSSR count). The quantitative estimate of drug-likeness (QED) is 0.229. The van der Waals surface area contributed by atoms with Crippen LogP contribution >= 0.6 is 0 Å². The maximum absolute atomic E-state index is 10.7. The van der Waals surface area contributed by atoms with E-state index in [2.05, 4.69) is 65.6 Å². The van der Waals surface area contributed by atoms with Crippen molar-refractivity contribution in [2.75, 3.05) is 4.90 Å². The molecule has 0 saturated heterocycles. The summed E-state index contributed by atoms with van der Waals surface area (Å²) in [5.41, 5.74) is 6.38. The van der Waals surface area contributed by atoms with E-state index in [1.54, 1.807) is 6.07 Å². The zero-order chi connectivity index (χ0) is 28.8. The van der Waals surface area contributed by atoms with E-state index in [4.69, 9.17) is 14.4 Å². The Morgan fingerprint density at radius 3 is 2.28 bits per heavy atom. The first kappa shape index (κ1) is 24.8. The Bertz CT molecular complexity index is 2270. The van der Waals surface area contributed by atoms with Crippen LogP contribution in [0.3, 0.4) is 0 Å². The van der Waals surface area contributed by atoms with Gasteiger partial charge in [0.1, 0.15) is 22.8 Å². The number of rotatable bonds is 5. The zero-order valence-corrected chi connectivity index (χ0v) is 23.1. The van der Waals surface area contributed by atoms with Crippen LogP contribution in [0.4, 0.5) is 17.2 Å². The van der Waals surface area contributed by atoms with Gasteiger partial charge in [-0.15, -0.1) is 0 Å². The largest absolute Gasteiger partial charge is 0.507 e. The summed E-state index contributed by atoms with van der Waals surface area (Å²) in [6.07, 6.45) is 1.81. The molecule has 204 valence electrons. The number of hydrogen-bond acceptors (Lipinski definition) is 5. The van der Waals surface area contributed by atoms with Crippen LogP contribution in [0.5, 0.6) is 5.75 Å². The zero-order valence-electron chi connectivity index (χ0n) is 23.1. The van der Waals surface area contributed by atoms with Crippen LogP contribution in [-0.4, -0.2) is 15.1 Å². The lowest BCUT2D eigenvalue weighted by atomic mass is 10.0. The van der Waals surface area contributed by atoms with Crippen LogP contribution in [0, 0.1) is 0 Å². The van der Waals surface area contributed by atoms with Crippen molar-refractivity contribution in [3.05, 3.63) is 146 Å². The molecule has 0 atom stereocenters. The van der Waals surface area contributed by atoms with Crippen LogP contribution in [0.2, 0.25) is 0 Å². The van der Waals surface area contributed by atoms with Crippen molar-refractivity contribution in [2.24, 2.45) is 0 Å². The van der Waals surface area contributed by atoms with Gasteiger partial charge in [0, 0.05) is 39.2 Å². The standard InChI is InChI=1S/C38H25N3O2/c42-34-19-5-3-17-30(34)32-24-31-29-16-4-6-20-35(29)43-38(31)37(40-32)26-13-9-14-27(23-26)41(36-21-7-8-22-39-36)33-18-10-12-25-11-1-2-15-28(25)33/h1-24,42H. The smallest absolute Gasteiger partial charge is 0.161 e. The fourth-order valence-electron chi connectivity index (χ4n) is 5.83. The molecule has 0 unspecified atom stereocenters. The van der Waals surface area contributed by atoms with Gasteiger partial charge in [-0.2, -0.15) is 0 Å². The van der Waals surface area contributed by atoms with Crippen molar-refractivity contribution in [2.45, 2.75) is 0 Å². The van der Waals surface area contributed by atoms with Gasteiger partial charge in [0.15, 0.2) is 5.58 Å². The summed E-state index contributed by atoms with van der Waals surface area (Å²) < 4.78 is 6.44. The lowest BCUT2D eigenvalue weighted by Crippen LogP contribution is -2.12. The average molecular weight is 556 g/mol. The first-order valence-corrected chi connectivity index (χ1v) is 14.1. The first-order chi connectivity index (χ1) is 21.2. The van der Waals surface area contributed by atoms with Gasteiger partial charge in [-0.1, -0.05) is 84.9 Å². The van der Waals surface area contributed by atoms with E-state index in [1.165, 1.54) is 0 Å². The number of anilines is 3. The second-order valence-electron chi connectivity index (χ2n) is 10.4. The lowest BCUT2D eigenvalue weighted by molar-refractivity contribution is 0.477. The molecule has 3 aromatic heterocycles. The third kappa shape index (κ3) is 4.26. The van der Waals surface area contributed by atoms with Gasteiger partial charge >= 0.3 is 0 Å². The summed E-state index contributed by atoms with van der Waals surface area (Å²) in [5.74, 6) is 0.986. The van der Waals surface area contributed by atoms with Crippen LogP contribution < -0.4 is 4.90 Å². The minimum atomic E-state index is 0.180. The summed E-state index contributed by atoms with van der Waals surface area (Å²) in [5, 5.41) is 15.0. The molecule has 8 aromatic rings. The number of fused-ring (bicyclic) bond motifs is 4. The summed E-state index contributed by atoms with van der Waals surface area (Å²) in [6.45, 7) is 0. The van der Waals surface area contributed by atoms with Gasteiger partial charge in [0.05, 0.1) is 11.4 Å². The van der Waals surface area contributed by atoms with E-state index < -0.39 is 0 Å². The number of phenolic OH excluding ortho intramolecular Hbond substituents is 1. The highest BCUT2D eigenvalue weighted by Crippen LogP contribution is 2.42. The van der Waals surface area contributed by atoms with Gasteiger partial charge < -0.3 is 9.52 Å². The molecule has 0 aliphatic carbocycles. The molecule has 0 bridgehead atoms. The first-order valence-electron chi connectivity index (χ1n) is 14.1. The maximum Gasteiger partial charge on any atom is 0.161 e. The topological polar surface area (TPSA) is 62.4 Å². The second kappa shape index (κ2) is 10.2. The Hall–Kier alpha value is -5.94. The number of para-hydroxylation sites is 2. The number of hydrogen-bond donors (Lipinski definition) is 1. The number of furan rings is 1. The molecular weight excluding hydrogens is 530 g/mol. The SMILES string of the molecule is Oc1ccccc1-c1cc2c(oc3ccccc32)c(-c2cccc(N(c3ccccn3)c3cccc4ccccc34)c2)n1. The Kier molecular flexibility index (Phi) is 5.86. The molecule has 0 spiro atoms. The maximum atomic E-state index is 10.7. The molecule has 5 aromatic carbocycles. The minimum absolute atomic E-state index is 0.180. The molecule has 43 heavy (non-hydrogen) atoms. The van der Waals surface area contributed by atoms with Crippen molar-refractivity contribution < 1.29 is 9.52 Å². The molecule has 5 heteroatoms. The fraction of sp³-hybridized carbons (Fsp3) is 0. The third-order valence-electron chi connectivity index (χ3n) is 7.81. The summed E-state index contributed by atoms with van der Waals surface area (Å²) in [4.78, 5) is 12.0. The predicted octanol–water partition coefficient (Wildman–Crippen LogP) is 10.0. The molecule has 0 radical (unpaired) electrons. The second-order valence-corrected chi connectivity index (χ2v) is 10.4. The van der Waals surface area contributed by atoms with E-state index in [9.17, 15) is 5.11 Å². The molecule has 5 nitrogen and oxygen atoms in total. The van der Waals surface area contributed by atoms with E-state index in [0.717, 1.165) is 49.9 Å². The molecule has 0 amide bonds. The fourth-order valence-corrected chi connectivity index (χ4v) is 5.83. The Morgan fingerprint density at radius 1 is 0.628 bits per heavy atom. The number of benzene rings is 5. The highest BCUT2D eigenvalue weighted by molar-refractivity contribution is 6.10. The number of pyridine rings is 2. The van der Waals surface area contributed by atoms with Crippen LogP contribution in [-0.2, 0) is 0 Å². The van der Waals surface area contributed by atoms with E-state index in [-0.39, 0.29) is 5.75 Å². The number of aromatic nitrogens is 2. The van der Waals surface area contributed by atoms with E-state index in [1.807, 2.05) is 79.0 Å². The molecule has 0 aliphatic heterocycles. The summed E-state index contributed by atoms with van der Waals surface area (Å²) in [6, 6.07) is 46.2. The molecule has 0 aliphatic rings. The van der Waals surface area contributed by atoms with Crippen molar-refractivity contribution in [3.8, 4) is 28.3 Å². The highest BCUT2D eigenvalue weighted by Gasteiger charge is 2.20. The van der Waals surface area contributed by atoms with Crippen LogP contribution in [0.1, 0.15) is 0 Å². The summed E-state index contributed by atoms with van der Waals surface area (Å²) >= 11 is 0. The average Bonchev–Trinajstić information content (AvgIpc) is 3.44. The summed E-state index contributed by atoms with van der Waals surface area (Å²) in [7, 11) is 0. The lowest BCUT2D eigenvalue weighted by Gasteiger charge is -2.26. The predicted molar refractivity (Wildman–Crippen MR) is 174 cm³/mol. The van der Waals surface area contributed by atoms with Crippen molar-refractivity contribution in [1.82, 2.24) is 9.97 Å². The van der Waals surface area contributed by atoms with E-state index in [0.29, 0.717) is 22.5 Å². The molecule has 0 fully saturated rings. The number of phenols is 1. The highest BCUT2D eigenvalue weighted by atomic mass is 16.3. The number of aromatic hydroxyl groups is 1. The molecule has 0 saturated carbocycles. The molecular formula is C38H25N3O2. The van der Waals surface area contributed by atoms with Gasteiger partial charge in [-0.3, -0.25) is 4.90 Å². The monoisotopic (exact) mass is 555 g/mol. The van der Waals surface area contributed by atoms with E-state index >= 15 is 0 Å². The Morgan fingerprint density at radius 2 is 1.40 bits per heavy atom. The van der Waals surface area contributed by atoms with Crippen molar-refractivity contribution >= 4 is 49.9 Å². The van der Waals surface area contributed by atoms with Crippen molar-refractivity contribution in [1.29, 1.82) is 0 Å². The van der Waals surface area contributed by atoms with Crippen LogP contribution in [0.15, 0.2) is 150 Å². The van der Waals surface area contributed by atoms with Crippen LogP contribution in [0.25, 0.3) is 55.2 Å². The molecule has 3 heterocycles. The normalized spacial score (nSPS) is 11.3. The van der Waals surface area contributed by atoms with Crippen molar-refractivity contribution in [3.63, 3.8) is 0 Å². The van der Waals surface area contributed by atoms with Gasteiger partial charge in [0.25, 0.3) is 0 Å². The van der Waals surface area contributed by atoms with Gasteiger partial charge in [-0.25, -0.2) is 9.97 Å². The Balaban J connectivity index is 1.38. The minimum Gasteiger partial charge on any atom is -0.507 e. The van der Waals surface area contributed by atoms with Gasteiger partial charge in [-0.05, 0) is 60.0 Å². The molecule has 1 N–H and O–H groups in total. The third-order valence-corrected chi connectivity index (χ3v) is 7.81. The Labute approximate surface area is 247 Å². The van der Waals surface area contributed by atoms with Gasteiger partial charge in [0.2, 0.25) is 0 Å². The number of nitrogens with zero attached hydrogens (tertiary/aromatic N) is 3.